The van der Waals surface area contributed by atoms with Crippen molar-refractivity contribution in [3.8, 4) is 0 Å². The van der Waals surface area contributed by atoms with Gasteiger partial charge in [0.25, 0.3) is 5.91 Å². The first kappa shape index (κ1) is 12.1. The number of carbonyl (C=O) groups excluding carboxylic acids is 2. The zero-order chi connectivity index (χ0) is 12.4. The van der Waals surface area contributed by atoms with E-state index in [9.17, 15) is 9.59 Å². The number of benzene rings is 1. The Morgan fingerprint density at radius 3 is 2.59 bits per heavy atom. The number of nitrogens with zero attached hydrogens (tertiary/aromatic N) is 1. The highest BCUT2D eigenvalue weighted by atomic mass is 35.5. The second kappa shape index (κ2) is 4.85. The Bertz CT molecular complexity index is 514. The van der Waals surface area contributed by atoms with Gasteiger partial charge in [-0.2, -0.15) is 4.99 Å². The van der Waals surface area contributed by atoms with Crippen LogP contribution in [0.25, 0.3) is 0 Å². The van der Waals surface area contributed by atoms with E-state index in [2.05, 4.69) is 10.3 Å². The first-order valence-corrected chi connectivity index (χ1v) is 5.77. The Kier molecular flexibility index (Phi) is 3.45. The van der Waals surface area contributed by atoms with Crippen molar-refractivity contribution in [2.45, 2.75) is 5.92 Å². The van der Waals surface area contributed by atoms with E-state index in [1.54, 1.807) is 24.3 Å². The summed E-state index contributed by atoms with van der Waals surface area (Å²) >= 11 is 11.5. The molecule has 0 radical (unpaired) electrons. The van der Waals surface area contributed by atoms with E-state index in [1.807, 2.05) is 0 Å². The largest absolute Gasteiger partial charge is 0.312 e. The molecule has 1 aromatic carbocycles. The molecule has 1 heterocycles. The third-order valence-corrected chi connectivity index (χ3v) is 2.96. The zero-order valence-electron chi connectivity index (χ0n) is 8.61. The molecule has 4 nitrogen and oxygen atoms in total. The lowest BCUT2D eigenvalue weighted by Gasteiger charge is -2.20. The molecule has 1 N–H and O–H groups in total. The third-order valence-electron chi connectivity index (χ3n) is 2.36. The van der Waals surface area contributed by atoms with Gasteiger partial charge >= 0.3 is 0 Å². The monoisotopic (exact) mass is 270 g/mol. The van der Waals surface area contributed by atoms with E-state index >= 15 is 0 Å². The zero-order valence-corrected chi connectivity index (χ0v) is 10.1. The van der Waals surface area contributed by atoms with Crippen LogP contribution in [0.4, 0.5) is 0 Å². The molecule has 1 unspecified atom stereocenters. The lowest BCUT2D eigenvalue weighted by Crippen LogP contribution is -2.43. The number of aliphatic imine (C=N–C) groups is 1. The van der Waals surface area contributed by atoms with Crippen LogP contribution in [0.3, 0.4) is 0 Å². The molecule has 1 aliphatic heterocycles. The summed E-state index contributed by atoms with van der Waals surface area (Å²) in [4.78, 5) is 27.3. The predicted octanol–water partition coefficient (Wildman–Crippen LogP) is 1.72. The van der Waals surface area contributed by atoms with Crippen LogP contribution in [0.1, 0.15) is 11.5 Å². The van der Waals surface area contributed by atoms with Crippen LogP contribution in [-0.2, 0) is 9.59 Å². The van der Waals surface area contributed by atoms with Gasteiger partial charge in [-0.15, -0.1) is 11.6 Å². The maximum absolute atomic E-state index is 11.8. The number of nitrogens with one attached hydrogen (secondary N) is 1. The van der Waals surface area contributed by atoms with Gasteiger partial charge in [0.2, 0.25) is 5.91 Å². The van der Waals surface area contributed by atoms with Gasteiger partial charge in [0, 0.05) is 5.02 Å². The van der Waals surface area contributed by atoms with E-state index in [1.165, 1.54) is 0 Å². The average Bonchev–Trinajstić information content (AvgIpc) is 2.30. The van der Waals surface area contributed by atoms with Crippen molar-refractivity contribution in [2.75, 3.05) is 5.88 Å². The number of hydrogen-bond acceptors (Lipinski definition) is 2. The number of rotatable bonds is 2. The topological polar surface area (TPSA) is 58.5 Å². The highest BCUT2D eigenvalue weighted by molar-refractivity contribution is 6.34. The van der Waals surface area contributed by atoms with Gasteiger partial charge in [-0.1, -0.05) is 29.8 Å². The van der Waals surface area contributed by atoms with E-state index < -0.39 is 17.7 Å². The van der Waals surface area contributed by atoms with Gasteiger partial charge in [-0.05, 0) is 11.6 Å². The number of amides is 2. The first-order chi connectivity index (χ1) is 8.13. The number of hydrogen-bond donors (Lipinski definition) is 1. The maximum Gasteiger partial charge on any atom is 0.264 e. The summed E-state index contributed by atoms with van der Waals surface area (Å²) in [6.45, 7) is 0. The fourth-order valence-corrected chi connectivity index (χ4v) is 1.97. The summed E-state index contributed by atoms with van der Waals surface area (Å²) in [7, 11) is 0. The molecule has 1 aliphatic rings. The summed E-state index contributed by atoms with van der Waals surface area (Å²) < 4.78 is 0. The van der Waals surface area contributed by atoms with Gasteiger partial charge in [-0.3, -0.25) is 9.59 Å². The molecule has 88 valence electrons. The molecule has 1 aromatic rings. The Balaban J connectivity index is 2.41. The normalized spacial score (nSPS) is 19.9. The molecule has 0 aliphatic carbocycles. The van der Waals surface area contributed by atoms with Gasteiger partial charge in [0.15, 0.2) is 0 Å². The van der Waals surface area contributed by atoms with Crippen molar-refractivity contribution in [1.29, 1.82) is 0 Å². The molecule has 1 atom stereocenters. The standard InChI is InChI=1S/C11H8Cl2N2O2/c12-5-8-14-10(16)9(11(17)15-8)6-3-1-2-4-7(6)13/h1-4,9H,5H2,(H,14,15,16,17). The second-order valence-corrected chi connectivity index (χ2v) is 4.15. The molecular formula is C11H8Cl2N2O2. The van der Waals surface area contributed by atoms with E-state index in [-0.39, 0.29) is 11.7 Å². The van der Waals surface area contributed by atoms with Crippen molar-refractivity contribution in [1.82, 2.24) is 5.32 Å². The van der Waals surface area contributed by atoms with Crippen molar-refractivity contribution < 1.29 is 9.59 Å². The Labute approximate surface area is 108 Å². The minimum Gasteiger partial charge on any atom is -0.312 e. The highest BCUT2D eigenvalue weighted by Crippen LogP contribution is 2.27. The molecule has 2 rings (SSSR count). The van der Waals surface area contributed by atoms with Crippen LogP contribution in [0.15, 0.2) is 29.3 Å². The lowest BCUT2D eigenvalue weighted by atomic mass is 9.96. The lowest BCUT2D eigenvalue weighted by molar-refractivity contribution is -0.129. The predicted molar refractivity (Wildman–Crippen MR) is 65.5 cm³/mol. The van der Waals surface area contributed by atoms with Crippen molar-refractivity contribution in [3.05, 3.63) is 34.9 Å². The third kappa shape index (κ3) is 2.33. The summed E-state index contributed by atoms with van der Waals surface area (Å²) in [5.74, 6) is -1.82. The van der Waals surface area contributed by atoms with Crippen LogP contribution < -0.4 is 5.32 Å². The van der Waals surface area contributed by atoms with E-state index in [0.29, 0.717) is 10.6 Å². The van der Waals surface area contributed by atoms with Crippen LogP contribution in [0, 0.1) is 0 Å². The Morgan fingerprint density at radius 1 is 1.29 bits per heavy atom. The molecule has 6 heteroatoms. The maximum atomic E-state index is 11.8. The van der Waals surface area contributed by atoms with Crippen LogP contribution in [-0.4, -0.2) is 23.5 Å². The number of carbonyl (C=O) groups is 2. The number of halogens is 2. The smallest absolute Gasteiger partial charge is 0.264 e. The fourth-order valence-electron chi connectivity index (χ4n) is 1.60. The summed E-state index contributed by atoms with van der Waals surface area (Å²) in [6.07, 6.45) is 0. The minimum absolute atomic E-state index is 0.00722. The van der Waals surface area contributed by atoms with Crippen molar-refractivity contribution in [2.24, 2.45) is 4.99 Å². The molecule has 2 amide bonds. The molecule has 0 bridgehead atoms. The molecule has 0 aromatic heterocycles. The van der Waals surface area contributed by atoms with Crippen LogP contribution in [0.2, 0.25) is 5.02 Å². The van der Waals surface area contributed by atoms with Crippen LogP contribution in [0.5, 0.6) is 0 Å². The average molecular weight is 271 g/mol. The van der Waals surface area contributed by atoms with Gasteiger partial charge in [0.1, 0.15) is 11.8 Å². The molecule has 0 spiro atoms. The SMILES string of the molecule is O=C1N=C(CCl)NC(=O)C1c1ccccc1Cl. The Hall–Kier alpha value is -1.39. The molecule has 17 heavy (non-hydrogen) atoms. The summed E-state index contributed by atoms with van der Waals surface area (Å²) in [5.41, 5.74) is 0.453. The second-order valence-electron chi connectivity index (χ2n) is 3.47. The van der Waals surface area contributed by atoms with Gasteiger partial charge < -0.3 is 5.32 Å². The summed E-state index contributed by atoms with van der Waals surface area (Å²) in [6, 6.07) is 6.69. The van der Waals surface area contributed by atoms with Gasteiger partial charge in [0.05, 0.1) is 5.88 Å². The van der Waals surface area contributed by atoms with Crippen LogP contribution >= 0.6 is 23.2 Å². The van der Waals surface area contributed by atoms with Crippen molar-refractivity contribution >= 4 is 40.9 Å². The van der Waals surface area contributed by atoms with E-state index in [0.717, 1.165) is 0 Å². The molecule has 0 saturated carbocycles. The van der Waals surface area contributed by atoms with Crippen molar-refractivity contribution in [3.63, 3.8) is 0 Å². The molecule has 0 fully saturated rings. The first-order valence-electron chi connectivity index (χ1n) is 4.86. The highest BCUT2D eigenvalue weighted by Gasteiger charge is 2.34. The Morgan fingerprint density at radius 2 is 2.00 bits per heavy atom. The number of alkyl halides is 1. The number of amidine groups is 1. The van der Waals surface area contributed by atoms with E-state index in [4.69, 9.17) is 23.2 Å². The molecular weight excluding hydrogens is 263 g/mol. The fraction of sp³-hybridized carbons (Fsp3) is 0.182. The summed E-state index contributed by atoms with van der Waals surface area (Å²) in [5, 5.41) is 2.84. The minimum atomic E-state index is -0.990. The molecule has 0 saturated heterocycles. The quantitative estimate of drug-likeness (QED) is 0.657. The van der Waals surface area contributed by atoms with Gasteiger partial charge in [-0.25, -0.2) is 0 Å².